The van der Waals surface area contributed by atoms with Gasteiger partial charge >= 0.3 is 5.69 Å². The van der Waals surface area contributed by atoms with Crippen molar-refractivity contribution in [1.82, 2.24) is 0 Å². The topological polar surface area (TPSA) is 108 Å². The molecular formula is C14H10F4N2O6S. The molecule has 0 aliphatic carbocycles. The lowest BCUT2D eigenvalue weighted by Crippen LogP contribution is -2.19. The second kappa shape index (κ2) is 7.26. The van der Waals surface area contributed by atoms with Crippen molar-refractivity contribution in [2.24, 2.45) is 0 Å². The second-order valence-electron chi connectivity index (χ2n) is 4.87. The van der Waals surface area contributed by atoms with Gasteiger partial charge in [-0.2, -0.15) is 8.78 Å². The van der Waals surface area contributed by atoms with Crippen LogP contribution in [-0.2, 0) is 10.0 Å². The van der Waals surface area contributed by atoms with E-state index in [1.807, 2.05) is 0 Å². The highest BCUT2D eigenvalue weighted by atomic mass is 32.2. The molecule has 0 amide bonds. The van der Waals surface area contributed by atoms with Gasteiger partial charge in [-0.15, -0.1) is 0 Å². The third-order valence-corrected chi connectivity index (χ3v) is 4.69. The van der Waals surface area contributed by atoms with Gasteiger partial charge in [0, 0.05) is 6.07 Å². The molecule has 0 atom stereocenters. The van der Waals surface area contributed by atoms with Crippen molar-refractivity contribution < 1.29 is 40.4 Å². The maximum absolute atomic E-state index is 14.0. The molecule has 2 aromatic carbocycles. The van der Waals surface area contributed by atoms with Crippen LogP contribution in [0.5, 0.6) is 11.5 Å². The van der Waals surface area contributed by atoms with Crippen LogP contribution in [0.4, 0.5) is 28.9 Å². The van der Waals surface area contributed by atoms with Gasteiger partial charge in [0.15, 0.2) is 28.0 Å². The summed E-state index contributed by atoms with van der Waals surface area (Å²) in [5, 5.41) is 10.5. The molecule has 0 spiro atoms. The second-order valence-corrected chi connectivity index (χ2v) is 6.49. The Bertz CT molecular complexity index is 1000. The van der Waals surface area contributed by atoms with E-state index in [-0.39, 0.29) is 17.2 Å². The Balaban J connectivity index is 2.60. The van der Waals surface area contributed by atoms with Crippen LogP contribution in [0.15, 0.2) is 23.1 Å². The molecule has 13 heteroatoms. The summed E-state index contributed by atoms with van der Waals surface area (Å²) in [5.74, 6) is -9.54. The summed E-state index contributed by atoms with van der Waals surface area (Å²) in [5.41, 5.74) is -2.43. The normalized spacial score (nSPS) is 11.2. The molecule has 0 saturated carbocycles. The first-order valence-corrected chi connectivity index (χ1v) is 8.28. The number of hydrogen-bond acceptors (Lipinski definition) is 6. The van der Waals surface area contributed by atoms with Gasteiger partial charge in [0.25, 0.3) is 10.0 Å². The Kier molecular flexibility index (Phi) is 5.44. The Morgan fingerprint density at radius 1 is 0.963 bits per heavy atom. The van der Waals surface area contributed by atoms with Gasteiger partial charge in [0.05, 0.1) is 24.8 Å². The van der Waals surface area contributed by atoms with Crippen molar-refractivity contribution >= 4 is 21.4 Å². The minimum Gasteiger partial charge on any atom is -0.493 e. The number of nitrogens with one attached hydrogen (secondary N) is 1. The number of ether oxygens (including phenoxy) is 2. The molecule has 1 N–H and O–H groups in total. The van der Waals surface area contributed by atoms with E-state index in [4.69, 9.17) is 9.47 Å². The molecule has 27 heavy (non-hydrogen) atoms. The summed E-state index contributed by atoms with van der Waals surface area (Å²) in [7, 11) is -2.67. The minimum atomic E-state index is -5.21. The van der Waals surface area contributed by atoms with Crippen LogP contribution < -0.4 is 14.2 Å². The SMILES string of the molecule is COc1ccc(NS(=O)(=O)c2c(F)c(F)c([N+](=O)[O-])c(F)c2F)cc1OC. The summed E-state index contributed by atoms with van der Waals surface area (Å²) >= 11 is 0. The van der Waals surface area contributed by atoms with Gasteiger partial charge in [0.1, 0.15) is 0 Å². The Morgan fingerprint density at radius 2 is 1.48 bits per heavy atom. The third-order valence-electron chi connectivity index (χ3n) is 3.29. The molecule has 0 heterocycles. The number of methoxy groups -OCH3 is 2. The lowest BCUT2D eigenvalue weighted by molar-refractivity contribution is -0.390. The number of sulfonamides is 1. The standard InChI is InChI=1S/C14H10F4N2O6S/c1-25-7-4-3-6(5-8(7)26-2)19-27(23,24)14-11(17)9(15)13(20(21)22)10(16)12(14)18/h3-5,19H,1-2H3. The predicted octanol–water partition coefficient (Wildman–Crippen LogP) is 2.97. The first kappa shape index (κ1) is 20.2. The predicted molar refractivity (Wildman–Crippen MR) is 83.3 cm³/mol. The Labute approximate surface area is 149 Å². The molecule has 0 fully saturated rings. The molecule has 146 valence electrons. The fraction of sp³-hybridized carbons (Fsp3) is 0.143. The number of hydrogen-bond donors (Lipinski definition) is 1. The summed E-state index contributed by atoms with van der Waals surface area (Å²) in [6.07, 6.45) is 0. The molecule has 0 aromatic heterocycles. The number of halogens is 4. The van der Waals surface area contributed by atoms with Crippen LogP contribution in [0.2, 0.25) is 0 Å². The van der Waals surface area contributed by atoms with Gasteiger partial charge in [-0.1, -0.05) is 0 Å². The highest BCUT2D eigenvalue weighted by molar-refractivity contribution is 7.92. The number of nitro benzene ring substituents is 1. The minimum absolute atomic E-state index is 0.0414. The fourth-order valence-corrected chi connectivity index (χ4v) is 3.29. The zero-order valence-electron chi connectivity index (χ0n) is 13.5. The molecule has 2 aromatic rings. The lowest BCUT2D eigenvalue weighted by Gasteiger charge is -2.13. The summed E-state index contributed by atoms with van der Waals surface area (Å²) < 4.78 is 91.3. The molecular weight excluding hydrogens is 400 g/mol. The third kappa shape index (κ3) is 3.58. The number of nitrogens with zero attached hydrogens (tertiary/aromatic N) is 1. The van der Waals surface area contributed by atoms with Crippen molar-refractivity contribution in [3.05, 3.63) is 51.6 Å². The van der Waals surface area contributed by atoms with Gasteiger partial charge in [-0.25, -0.2) is 17.2 Å². The molecule has 0 saturated heterocycles. The average Bonchev–Trinajstić information content (AvgIpc) is 2.59. The van der Waals surface area contributed by atoms with E-state index in [2.05, 4.69) is 0 Å². The Hall–Kier alpha value is -3.09. The smallest absolute Gasteiger partial charge is 0.346 e. The molecule has 0 aliphatic heterocycles. The number of anilines is 1. The highest BCUT2D eigenvalue weighted by Crippen LogP contribution is 2.34. The molecule has 0 radical (unpaired) electrons. The quantitative estimate of drug-likeness (QED) is 0.340. The van der Waals surface area contributed by atoms with E-state index in [0.29, 0.717) is 0 Å². The number of benzene rings is 2. The van der Waals surface area contributed by atoms with Crippen molar-refractivity contribution in [2.45, 2.75) is 4.90 Å². The van der Waals surface area contributed by atoms with Crippen LogP contribution in [0.25, 0.3) is 0 Å². The zero-order chi connectivity index (χ0) is 20.5. The van der Waals surface area contributed by atoms with Gasteiger partial charge in [-0.05, 0) is 12.1 Å². The van der Waals surface area contributed by atoms with E-state index in [1.54, 1.807) is 4.72 Å². The molecule has 0 bridgehead atoms. The molecule has 0 aliphatic rings. The van der Waals surface area contributed by atoms with E-state index in [0.717, 1.165) is 12.1 Å². The summed E-state index contributed by atoms with van der Waals surface area (Å²) in [6.45, 7) is 0. The largest absolute Gasteiger partial charge is 0.493 e. The fourth-order valence-electron chi connectivity index (χ4n) is 2.10. The van der Waals surface area contributed by atoms with E-state index >= 15 is 0 Å². The Morgan fingerprint density at radius 3 is 1.93 bits per heavy atom. The first-order chi connectivity index (χ1) is 12.5. The van der Waals surface area contributed by atoms with Crippen LogP contribution in [-0.4, -0.2) is 27.6 Å². The molecule has 0 unspecified atom stereocenters. The number of nitro groups is 1. The van der Waals surface area contributed by atoms with Crippen LogP contribution in [0.3, 0.4) is 0 Å². The van der Waals surface area contributed by atoms with Crippen LogP contribution >= 0.6 is 0 Å². The van der Waals surface area contributed by atoms with Gasteiger partial charge in [0.2, 0.25) is 11.6 Å². The first-order valence-electron chi connectivity index (χ1n) is 6.80. The average molecular weight is 410 g/mol. The molecule has 2 rings (SSSR count). The van der Waals surface area contributed by atoms with Crippen LogP contribution in [0, 0.1) is 33.4 Å². The monoisotopic (exact) mass is 410 g/mol. The number of rotatable bonds is 6. The van der Waals surface area contributed by atoms with Crippen molar-refractivity contribution in [3.63, 3.8) is 0 Å². The van der Waals surface area contributed by atoms with Crippen LogP contribution in [0.1, 0.15) is 0 Å². The molecule has 8 nitrogen and oxygen atoms in total. The van der Waals surface area contributed by atoms with E-state index in [1.165, 1.54) is 20.3 Å². The van der Waals surface area contributed by atoms with Crippen molar-refractivity contribution in [1.29, 1.82) is 0 Å². The van der Waals surface area contributed by atoms with E-state index in [9.17, 15) is 36.1 Å². The maximum atomic E-state index is 14.0. The van der Waals surface area contributed by atoms with Crippen molar-refractivity contribution in [3.8, 4) is 11.5 Å². The lowest BCUT2D eigenvalue weighted by atomic mass is 10.2. The zero-order valence-corrected chi connectivity index (χ0v) is 14.4. The van der Waals surface area contributed by atoms with E-state index < -0.39 is 48.8 Å². The maximum Gasteiger partial charge on any atom is 0.346 e. The van der Waals surface area contributed by atoms with Gasteiger partial charge in [-0.3, -0.25) is 14.8 Å². The summed E-state index contributed by atoms with van der Waals surface area (Å²) in [6, 6.07) is 3.44. The van der Waals surface area contributed by atoms with Crippen molar-refractivity contribution in [2.75, 3.05) is 18.9 Å². The van der Waals surface area contributed by atoms with Gasteiger partial charge < -0.3 is 9.47 Å². The summed E-state index contributed by atoms with van der Waals surface area (Å²) in [4.78, 5) is 6.77. The highest BCUT2D eigenvalue weighted by Gasteiger charge is 2.38.